The van der Waals surface area contributed by atoms with Crippen molar-refractivity contribution in [2.75, 3.05) is 19.7 Å². The fraction of sp³-hybridized carbons (Fsp3) is 0.400. The molecule has 0 spiro atoms. The van der Waals surface area contributed by atoms with Crippen LogP contribution in [0.1, 0.15) is 28.3 Å². The van der Waals surface area contributed by atoms with Gasteiger partial charge in [0.2, 0.25) is 0 Å². The zero-order chi connectivity index (χ0) is 21.1. The van der Waals surface area contributed by atoms with Gasteiger partial charge < -0.3 is 15.4 Å². The van der Waals surface area contributed by atoms with Gasteiger partial charge in [-0.15, -0.1) is 24.8 Å². The summed E-state index contributed by atoms with van der Waals surface area (Å²) < 4.78 is 83.3. The molecule has 2 aromatic carbocycles. The van der Waals surface area contributed by atoms with Crippen LogP contribution < -0.4 is 10.6 Å². The fourth-order valence-corrected chi connectivity index (χ4v) is 3.32. The van der Waals surface area contributed by atoms with Crippen LogP contribution in [-0.4, -0.2) is 25.7 Å². The normalized spacial score (nSPS) is 19.3. The molecule has 0 saturated carbocycles. The third kappa shape index (κ3) is 7.54. The van der Waals surface area contributed by atoms with Gasteiger partial charge in [-0.25, -0.2) is 0 Å². The molecule has 1 aliphatic rings. The Morgan fingerprint density at radius 1 is 0.806 bits per heavy atom. The molecule has 2 unspecified atom stereocenters. The van der Waals surface area contributed by atoms with Crippen molar-refractivity contribution >= 4 is 24.8 Å². The Morgan fingerprint density at radius 3 is 1.90 bits per heavy atom. The van der Waals surface area contributed by atoms with Crippen LogP contribution >= 0.6 is 24.8 Å². The molecule has 0 radical (unpaired) electrons. The Hall–Kier alpha value is -1.52. The van der Waals surface area contributed by atoms with E-state index in [0.29, 0.717) is 18.7 Å². The van der Waals surface area contributed by atoms with E-state index in [0.717, 1.165) is 12.1 Å². The number of rotatable bonds is 5. The Bertz CT molecular complexity index is 785. The first-order valence-electron chi connectivity index (χ1n) is 9.02. The van der Waals surface area contributed by atoms with Crippen molar-refractivity contribution in [2.45, 2.75) is 31.0 Å². The molecule has 0 aromatic heterocycles. The lowest BCUT2D eigenvalue weighted by molar-refractivity contribution is -0.143. The second-order valence-corrected chi connectivity index (χ2v) is 6.83. The van der Waals surface area contributed by atoms with Crippen molar-refractivity contribution in [1.82, 2.24) is 10.6 Å². The van der Waals surface area contributed by atoms with Crippen LogP contribution in [-0.2, 0) is 23.7 Å². The Balaban J connectivity index is 0.00000240. The van der Waals surface area contributed by atoms with Crippen LogP contribution in [0, 0.1) is 0 Å². The molecule has 3 rings (SSSR count). The Labute approximate surface area is 188 Å². The van der Waals surface area contributed by atoms with Gasteiger partial charge in [-0.05, 0) is 29.3 Å². The minimum Gasteiger partial charge on any atom is -0.375 e. The number of benzene rings is 2. The molecule has 1 aliphatic heterocycles. The molecule has 31 heavy (non-hydrogen) atoms. The lowest BCUT2D eigenvalue weighted by Crippen LogP contribution is -2.52. The maximum atomic E-state index is 13.0. The molecule has 0 aliphatic carbocycles. The van der Waals surface area contributed by atoms with Crippen LogP contribution in [0.2, 0.25) is 0 Å². The van der Waals surface area contributed by atoms with Crippen molar-refractivity contribution in [2.24, 2.45) is 0 Å². The molecule has 2 N–H and O–H groups in total. The van der Waals surface area contributed by atoms with Crippen LogP contribution in [0.5, 0.6) is 0 Å². The summed E-state index contributed by atoms with van der Waals surface area (Å²) in [4.78, 5) is 0. The standard InChI is InChI=1S/C20H20F6N2O.2ClH/c21-19(22,23)15-8-13(9-16(10-15)20(24,25)26)11-29-12-17-18(28-7-6-27-17)14-4-2-1-3-5-14;;/h1-5,8-10,17-18,27-28H,6-7,11-12H2;2*1H. The molecular weight excluding hydrogens is 469 g/mol. The molecule has 0 amide bonds. The van der Waals surface area contributed by atoms with E-state index in [9.17, 15) is 26.3 Å². The number of halogens is 8. The summed E-state index contributed by atoms with van der Waals surface area (Å²) in [5.74, 6) is 0. The SMILES string of the molecule is Cl.Cl.FC(F)(F)c1cc(COCC2NCCNC2c2ccccc2)cc(C(F)(F)F)c1. The van der Waals surface area contributed by atoms with Gasteiger partial charge in [0.25, 0.3) is 0 Å². The molecular formula is C20H22Cl2F6N2O. The van der Waals surface area contributed by atoms with E-state index < -0.39 is 23.5 Å². The number of hydrogen-bond acceptors (Lipinski definition) is 3. The van der Waals surface area contributed by atoms with Gasteiger partial charge in [0.05, 0.1) is 30.4 Å². The van der Waals surface area contributed by atoms with E-state index in [1.807, 2.05) is 30.3 Å². The first kappa shape index (κ1) is 27.5. The third-order valence-corrected chi connectivity index (χ3v) is 4.67. The lowest BCUT2D eigenvalue weighted by Gasteiger charge is -2.34. The highest BCUT2D eigenvalue weighted by Crippen LogP contribution is 2.36. The van der Waals surface area contributed by atoms with Crippen molar-refractivity contribution in [3.63, 3.8) is 0 Å². The molecule has 2 atom stereocenters. The predicted molar refractivity (Wildman–Crippen MR) is 110 cm³/mol. The summed E-state index contributed by atoms with van der Waals surface area (Å²) in [6.45, 7) is 1.19. The molecule has 2 aromatic rings. The lowest BCUT2D eigenvalue weighted by atomic mass is 9.98. The minimum atomic E-state index is -4.87. The molecule has 11 heteroatoms. The monoisotopic (exact) mass is 490 g/mol. The number of alkyl halides is 6. The Morgan fingerprint density at radius 2 is 1.35 bits per heavy atom. The van der Waals surface area contributed by atoms with Crippen molar-refractivity contribution in [3.05, 3.63) is 70.8 Å². The first-order valence-corrected chi connectivity index (χ1v) is 9.02. The van der Waals surface area contributed by atoms with E-state index in [1.54, 1.807) is 0 Å². The van der Waals surface area contributed by atoms with Crippen LogP contribution in [0.3, 0.4) is 0 Å². The largest absolute Gasteiger partial charge is 0.416 e. The zero-order valence-electron chi connectivity index (χ0n) is 16.1. The second-order valence-electron chi connectivity index (χ2n) is 6.83. The average molecular weight is 491 g/mol. The first-order chi connectivity index (χ1) is 13.6. The average Bonchev–Trinajstić information content (AvgIpc) is 2.67. The van der Waals surface area contributed by atoms with Gasteiger partial charge >= 0.3 is 12.4 Å². The van der Waals surface area contributed by atoms with Gasteiger partial charge in [0.1, 0.15) is 0 Å². The summed E-state index contributed by atoms with van der Waals surface area (Å²) in [6.07, 6.45) is -9.74. The quantitative estimate of drug-likeness (QED) is 0.551. The highest BCUT2D eigenvalue weighted by Gasteiger charge is 2.37. The van der Waals surface area contributed by atoms with Gasteiger partial charge in [0.15, 0.2) is 0 Å². The molecule has 0 bridgehead atoms. The molecule has 1 fully saturated rings. The number of hydrogen-bond donors (Lipinski definition) is 2. The van der Waals surface area contributed by atoms with Gasteiger partial charge in [-0.2, -0.15) is 26.3 Å². The molecule has 1 saturated heterocycles. The van der Waals surface area contributed by atoms with Crippen molar-refractivity contribution in [1.29, 1.82) is 0 Å². The van der Waals surface area contributed by atoms with E-state index in [1.165, 1.54) is 0 Å². The second kappa shape index (κ2) is 11.4. The Kier molecular flexibility index (Phi) is 10.1. The summed E-state index contributed by atoms with van der Waals surface area (Å²) in [6, 6.07) is 10.8. The molecule has 174 valence electrons. The predicted octanol–water partition coefficient (Wildman–Crippen LogP) is 5.39. The summed E-state index contributed by atoms with van der Waals surface area (Å²) in [5.41, 5.74) is -1.84. The summed E-state index contributed by atoms with van der Waals surface area (Å²) in [5, 5.41) is 6.63. The minimum absolute atomic E-state index is 0. The van der Waals surface area contributed by atoms with E-state index in [2.05, 4.69) is 10.6 Å². The maximum absolute atomic E-state index is 13.0. The number of ether oxygens (including phenoxy) is 1. The number of nitrogens with one attached hydrogen (secondary N) is 2. The van der Waals surface area contributed by atoms with Gasteiger partial charge in [-0.3, -0.25) is 0 Å². The van der Waals surface area contributed by atoms with Crippen LogP contribution in [0.15, 0.2) is 48.5 Å². The topological polar surface area (TPSA) is 33.3 Å². The van der Waals surface area contributed by atoms with Crippen LogP contribution in [0.4, 0.5) is 26.3 Å². The van der Waals surface area contributed by atoms with E-state index in [4.69, 9.17) is 4.74 Å². The third-order valence-electron chi connectivity index (χ3n) is 4.67. The zero-order valence-corrected chi connectivity index (χ0v) is 17.7. The van der Waals surface area contributed by atoms with E-state index >= 15 is 0 Å². The van der Waals surface area contributed by atoms with E-state index in [-0.39, 0.29) is 61.7 Å². The molecule has 3 nitrogen and oxygen atoms in total. The van der Waals surface area contributed by atoms with Crippen LogP contribution in [0.25, 0.3) is 0 Å². The van der Waals surface area contributed by atoms with Gasteiger partial charge in [0, 0.05) is 19.1 Å². The van der Waals surface area contributed by atoms with Crippen molar-refractivity contribution < 1.29 is 31.1 Å². The fourth-order valence-electron chi connectivity index (χ4n) is 3.32. The summed E-state index contributed by atoms with van der Waals surface area (Å²) >= 11 is 0. The maximum Gasteiger partial charge on any atom is 0.416 e. The van der Waals surface area contributed by atoms with Crippen molar-refractivity contribution in [3.8, 4) is 0 Å². The smallest absolute Gasteiger partial charge is 0.375 e. The van der Waals surface area contributed by atoms with Gasteiger partial charge in [-0.1, -0.05) is 30.3 Å². The number of piperazine rings is 1. The highest BCUT2D eigenvalue weighted by molar-refractivity contribution is 5.85. The highest BCUT2D eigenvalue weighted by atomic mass is 35.5. The summed E-state index contributed by atoms with van der Waals surface area (Å²) in [7, 11) is 0. The molecule has 1 heterocycles.